The van der Waals surface area contributed by atoms with E-state index in [0.717, 1.165) is 51.1 Å². The van der Waals surface area contributed by atoms with Gasteiger partial charge in [0.25, 0.3) is 5.91 Å². The van der Waals surface area contributed by atoms with Crippen molar-refractivity contribution < 1.29 is 9.59 Å². The summed E-state index contributed by atoms with van der Waals surface area (Å²) in [6.07, 6.45) is 3.59. The molecule has 2 aromatic carbocycles. The van der Waals surface area contributed by atoms with Crippen molar-refractivity contribution in [2.24, 2.45) is 0 Å². The van der Waals surface area contributed by atoms with Gasteiger partial charge in [-0.2, -0.15) is 0 Å². The van der Waals surface area contributed by atoms with E-state index in [-0.39, 0.29) is 17.9 Å². The molecule has 0 radical (unpaired) electrons. The van der Waals surface area contributed by atoms with Gasteiger partial charge in [0.05, 0.1) is 0 Å². The van der Waals surface area contributed by atoms with Crippen molar-refractivity contribution in [3.05, 3.63) is 65.7 Å². The molecule has 1 atom stereocenters. The standard InChI is InChI=1S/C23H27N3O2/c27-22-8-4-5-14-26(22)21-11-9-19(10-12-21)23(28)24-20-13-15-25(17-20)16-18-6-2-1-3-7-18/h1-3,6-7,9-12,20H,4-5,8,13-17H2,(H,24,28). The number of carbonyl (C=O) groups is 2. The number of amides is 2. The van der Waals surface area contributed by atoms with Crippen molar-refractivity contribution >= 4 is 17.5 Å². The molecule has 5 heteroatoms. The molecular formula is C23H27N3O2. The Kier molecular flexibility index (Phi) is 5.72. The molecule has 2 heterocycles. The first-order valence-electron chi connectivity index (χ1n) is 10.2. The minimum atomic E-state index is -0.0388. The summed E-state index contributed by atoms with van der Waals surface area (Å²) in [7, 11) is 0. The van der Waals surface area contributed by atoms with Crippen molar-refractivity contribution in [2.45, 2.75) is 38.3 Å². The van der Waals surface area contributed by atoms with Crippen LogP contribution in [0.2, 0.25) is 0 Å². The number of rotatable bonds is 5. The molecule has 2 aromatic rings. The van der Waals surface area contributed by atoms with Crippen molar-refractivity contribution in [1.29, 1.82) is 0 Å². The Morgan fingerprint density at radius 1 is 1.00 bits per heavy atom. The molecule has 28 heavy (non-hydrogen) atoms. The molecule has 1 unspecified atom stereocenters. The highest BCUT2D eigenvalue weighted by Crippen LogP contribution is 2.21. The van der Waals surface area contributed by atoms with Gasteiger partial charge in [0.2, 0.25) is 5.91 Å². The molecule has 0 saturated carbocycles. The Hall–Kier alpha value is -2.66. The summed E-state index contributed by atoms with van der Waals surface area (Å²) in [5.74, 6) is 0.135. The monoisotopic (exact) mass is 377 g/mol. The quantitative estimate of drug-likeness (QED) is 0.871. The summed E-state index contributed by atoms with van der Waals surface area (Å²) in [6.45, 7) is 3.56. The number of nitrogens with one attached hydrogen (secondary N) is 1. The molecule has 2 saturated heterocycles. The third-order valence-electron chi connectivity index (χ3n) is 5.62. The zero-order chi connectivity index (χ0) is 19.3. The molecule has 1 N–H and O–H groups in total. The van der Waals surface area contributed by atoms with Crippen molar-refractivity contribution in [3.63, 3.8) is 0 Å². The Morgan fingerprint density at radius 3 is 2.54 bits per heavy atom. The highest BCUT2D eigenvalue weighted by Gasteiger charge is 2.24. The molecule has 0 bridgehead atoms. The highest BCUT2D eigenvalue weighted by atomic mass is 16.2. The number of anilines is 1. The van der Waals surface area contributed by atoms with E-state index < -0.39 is 0 Å². The van der Waals surface area contributed by atoms with Crippen LogP contribution in [0.3, 0.4) is 0 Å². The molecule has 146 valence electrons. The fraction of sp³-hybridized carbons (Fsp3) is 0.391. The lowest BCUT2D eigenvalue weighted by Crippen LogP contribution is -2.37. The lowest BCUT2D eigenvalue weighted by Gasteiger charge is -2.26. The summed E-state index contributed by atoms with van der Waals surface area (Å²) >= 11 is 0. The minimum absolute atomic E-state index is 0.0388. The summed E-state index contributed by atoms with van der Waals surface area (Å²) in [4.78, 5) is 28.9. The van der Waals surface area contributed by atoms with Crippen LogP contribution in [0.5, 0.6) is 0 Å². The fourth-order valence-electron chi connectivity index (χ4n) is 4.08. The first-order chi connectivity index (χ1) is 13.7. The number of hydrogen-bond donors (Lipinski definition) is 1. The minimum Gasteiger partial charge on any atom is -0.348 e. The van der Waals surface area contributed by atoms with Crippen LogP contribution in [0.4, 0.5) is 5.69 Å². The number of piperidine rings is 1. The van der Waals surface area contributed by atoms with Gasteiger partial charge in [-0.05, 0) is 49.1 Å². The van der Waals surface area contributed by atoms with Gasteiger partial charge in [0.15, 0.2) is 0 Å². The van der Waals surface area contributed by atoms with Crippen LogP contribution in [-0.2, 0) is 11.3 Å². The maximum Gasteiger partial charge on any atom is 0.251 e. The summed E-state index contributed by atoms with van der Waals surface area (Å²) in [6, 6.07) is 18.0. The molecule has 2 aliphatic rings. The number of carbonyl (C=O) groups excluding carboxylic acids is 2. The average molecular weight is 377 g/mol. The van der Waals surface area contributed by atoms with E-state index in [1.54, 1.807) is 0 Å². The Balaban J connectivity index is 1.31. The summed E-state index contributed by atoms with van der Waals surface area (Å²) < 4.78 is 0. The fourth-order valence-corrected chi connectivity index (χ4v) is 4.08. The maximum absolute atomic E-state index is 12.6. The maximum atomic E-state index is 12.6. The van der Waals surface area contributed by atoms with Crippen LogP contribution in [0, 0.1) is 0 Å². The van der Waals surface area contributed by atoms with Crippen LogP contribution in [0.15, 0.2) is 54.6 Å². The number of benzene rings is 2. The van der Waals surface area contributed by atoms with Gasteiger partial charge in [0, 0.05) is 49.9 Å². The van der Waals surface area contributed by atoms with E-state index in [0.29, 0.717) is 12.0 Å². The molecule has 2 fully saturated rings. The Labute approximate surface area is 166 Å². The molecule has 5 nitrogen and oxygen atoms in total. The molecule has 0 spiro atoms. The third-order valence-corrected chi connectivity index (χ3v) is 5.62. The van der Waals surface area contributed by atoms with E-state index in [1.807, 2.05) is 35.2 Å². The molecule has 2 aliphatic heterocycles. The van der Waals surface area contributed by atoms with Gasteiger partial charge in [0.1, 0.15) is 0 Å². The lowest BCUT2D eigenvalue weighted by molar-refractivity contribution is -0.119. The van der Waals surface area contributed by atoms with Gasteiger partial charge in [-0.1, -0.05) is 30.3 Å². The van der Waals surface area contributed by atoms with Crippen LogP contribution < -0.4 is 10.2 Å². The van der Waals surface area contributed by atoms with E-state index in [1.165, 1.54) is 5.56 Å². The first-order valence-corrected chi connectivity index (χ1v) is 10.2. The van der Waals surface area contributed by atoms with Gasteiger partial charge in [-0.3, -0.25) is 14.5 Å². The lowest BCUT2D eigenvalue weighted by atomic mass is 10.1. The van der Waals surface area contributed by atoms with Crippen molar-refractivity contribution in [3.8, 4) is 0 Å². The molecule has 0 aliphatic carbocycles. The van der Waals surface area contributed by atoms with Gasteiger partial charge < -0.3 is 10.2 Å². The molecule has 4 rings (SSSR count). The smallest absolute Gasteiger partial charge is 0.251 e. The van der Waals surface area contributed by atoms with E-state index in [9.17, 15) is 9.59 Å². The largest absolute Gasteiger partial charge is 0.348 e. The van der Waals surface area contributed by atoms with Gasteiger partial charge in [-0.15, -0.1) is 0 Å². The topological polar surface area (TPSA) is 52.7 Å². The van der Waals surface area contributed by atoms with E-state index >= 15 is 0 Å². The van der Waals surface area contributed by atoms with E-state index in [2.05, 4.69) is 34.5 Å². The van der Waals surface area contributed by atoms with E-state index in [4.69, 9.17) is 0 Å². The molecular weight excluding hydrogens is 350 g/mol. The third kappa shape index (κ3) is 4.42. The molecule has 2 amide bonds. The summed E-state index contributed by atoms with van der Waals surface area (Å²) in [5.41, 5.74) is 2.84. The van der Waals surface area contributed by atoms with Crippen molar-refractivity contribution in [1.82, 2.24) is 10.2 Å². The predicted octanol–water partition coefficient (Wildman–Crippen LogP) is 3.21. The van der Waals surface area contributed by atoms with Crippen LogP contribution in [-0.4, -0.2) is 42.4 Å². The van der Waals surface area contributed by atoms with Crippen LogP contribution in [0.1, 0.15) is 41.6 Å². The van der Waals surface area contributed by atoms with Crippen LogP contribution >= 0.6 is 0 Å². The number of likely N-dealkylation sites (tertiary alicyclic amines) is 1. The highest BCUT2D eigenvalue weighted by molar-refractivity contribution is 5.97. The predicted molar refractivity (Wildman–Crippen MR) is 110 cm³/mol. The second-order valence-electron chi connectivity index (χ2n) is 7.73. The Morgan fingerprint density at radius 2 is 1.79 bits per heavy atom. The van der Waals surface area contributed by atoms with Crippen LogP contribution in [0.25, 0.3) is 0 Å². The molecule has 0 aromatic heterocycles. The Bertz CT molecular complexity index is 820. The SMILES string of the molecule is O=C(NC1CCN(Cc2ccccc2)C1)c1ccc(N2CCCCC2=O)cc1. The van der Waals surface area contributed by atoms with Gasteiger partial charge >= 0.3 is 0 Å². The zero-order valence-electron chi connectivity index (χ0n) is 16.1. The van der Waals surface area contributed by atoms with Crippen molar-refractivity contribution in [2.75, 3.05) is 24.5 Å². The first kappa shape index (κ1) is 18.7. The number of hydrogen-bond acceptors (Lipinski definition) is 3. The second-order valence-corrected chi connectivity index (χ2v) is 7.73. The number of nitrogens with zero attached hydrogens (tertiary/aromatic N) is 2. The zero-order valence-corrected chi connectivity index (χ0v) is 16.1. The van der Waals surface area contributed by atoms with Gasteiger partial charge in [-0.25, -0.2) is 0 Å². The normalized spacial score (nSPS) is 20.4. The second kappa shape index (κ2) is 8.57. The average Bonchev–Trinajstić information content (AvgIpc) is 3.16. The summed E-state index contributed by atoms with van der Waals surface area (Å²) in [5, 5.41) is 3.16.